The van der Waals surface area contributed by atoms with Gasteiger partial charge in [-0.05, 0) is 38.0 Å². The lowest BCUT2D eigenvalue weighted by atomic mass is 9.96. The second-order valence-electron chi connectivity index (χ2n) is 6.84. The number of nitrogens with zero attached hydrogens (tertiary/aromatic N) is 3. The van der Waals surface area contributed by atoms with E-state index < -0.39 is 11.9 Å². The molecule has 1 aliphatic heterocycles. The number of aryl methyl sites for hydroxylation is 1. The Bertz CT molecular complexity index is 932. The number of benzene rings is 1. The van der Waals surface area contributed by atoms with Gasteiger partial charge in [-0.15, -0.1) is 0 Å². The van der Waals surface area contributed by atoms with E-state index >= 15 is 0 Å². The molecule has 3 rings (SSSR count). The number of rotatable bonds is 4. The fourth-order valence-electron chi connectivity index (χ4n) is 3.16. The maximum atomic E-state index is 12.7. The molecule has 2 amide bonds. The number of nitrogens with one attached hydrogen (secondary N) is 1. The quantitative estimate of drug-likeness (QED) is 0.814. The molecule has 0 bridgehead atoms. The van der Waals surface area contributed by atoms with Crippen molar-refractivity contribution in [2.75, 3.05) is 18.4 Å². The van der Waals surface area contributed by atoms with Gasteiger partial charge in [0.05, 0.1) is 16.5 Å². The summed E-state index contributed by atoms with van der Waals surface area (Å²) in [5.41, 5.74) is 1.63. The predicted molar refractivity (Wildman–Crippen MR) is 104 cm³/mol. The number of aromatic nitrogens is 2. The Labute approximate surface area is 167 Å². The van der Waals surface area contributed by atoms with E-state index in [2.05, 4.69) is 10.3 Å². The number of hydrogen-bond acceptors (Lipinski definition) is 4. The average Bonchev–Trinajstić information content (AvgIpc) is 3.00. The first-order valence-corrected chi connectivity index (χ1v) is 9.27. The van der Waals surface area contributed by atoms with Crippen LogP contribution in [0.1, 0.15) is 39.5 Å². The highest BCUT2D eigenvalue weighted by Crippen LogP contribution is 2.25. The highest BCUT2D eigenvalue weighted by Gasteiger charge is 2.28. The molecule has 0 radical (unpaired) electrons. The predicted octanol–water partition coefficient (Wildman–Crippen LogP) is 2.57. The first-order valence-electron chi connectivity index (χ1n) is 8.89. The number of aliphatic carboxylic acids is 1. The monoisotopic (exact) mass is 404 g/mol. The SMILES string of the molecule is Cc1cnc(C(=O)Nc2ccc(C(=O)N3CCC(C(=O)O)CC3)c(Cl)c2)n1C. The zero-order chi connectivity index (χ0) is 20.4. The van der Waals surface area contributed by atoms with Crippen LogP contribution in [0.3, 0.4) is 0 Å². The van der Waals surface area contributed by atoms with Crippen molar-refractivity contribution in [1.29, 1.82) is 0 Å². The fourth-order valence-corrected chi connectivity index (χ4v) is 3.42. The molecule has 0 spiro atoms. The van der Waals surface area contributed by atoms with E-state index in [1.807, 2.05) is 6.92 Å². The van der Waals surface area contributed by atoms with Crippen LogP contribution in [-0.4, -0.2) is 50.4 Å². The Hall–Kier alpha value is -2.87. The third-order valence-electron chi connectivity index (χ3n) is 5.01. The van der Waals surface area contributed by atoms with Gasteiger partial charge in [-0.3, -0.25) is 14.4 Å². The van der Waals surface area contributed by atoms with Crippen molar-refractivity contribution in [2.45, 2.75) is 19.8 Å². The molecule has 0 aliphatic carbocycles. The van der Waals surface area contributed by atoms with Gasteiger partial charge in [-0.2, -0.15) is 0 Å². The van der Waals surface area contributed by atoms with Crippen molar-refractivity contribution in [3.63, 3.8) is 0 Å². The zero-order valence-electron chi connectivity index (χ0n) is 15.6. The summed E-state index contributed by atoms with van der Waals surface area (Å²) < 4.78 is 1.68. The van der Waals surface area contributed by atoms with E-state index in [9.17, 15) is 14.4 Å². The number of imidazole rings is 1. The highest BCUT2D eigenvalue weighted by atomic mass is 35.5. The molecule has 9 heteroatoms. The summed E-state index contributed by atoms with van der Waals surface area (Å²) >= 11 is 6.27. The normalized spacial score (nSPS) is 14.8. The first kappa shape index (κ1) is 19.9. The lowest BCUT2D eigenvalue weighted by molar-refractivity contribution is -0.143. The molecule has 0 saturated carbocycles. The van der Waals surface area contributed by atoms with Gasteiger partial charge in [0.25, 0.3) is 11.8 Å². The van der Waals surface area contributed by atoms with Crippen LogP contribution in [0.15, 0.2) is 24.4 Å². The van der Waals surface area contributed by atoms with Crippen molar-refractivity contribution in [1.82, 2.24) is 14.5 Å². The molecule has 0 atom stereocenters. The third-order valence-corrected chi connectivity index (χ3v) is 5.33. The molecule has 1 aromatic carbocycles. The van der Waals surface area contributed by atoms with Gasteiger partial charge in [-0.25, -0.2) is 4.98 Å². The Kier molecular flexibility index (Phi) is 5.69. The van der Waals surface area contributed by atoms with E-state index in [0.717, 1.165) is 5.69 Å². The molecule has 1 aromatic heterocycles. The number of carboxylic acids is 1. The lowest BCUT2D eigenvalue weighted by Crippen LogP contribution is -2.40. The van der Waals surface area contributed by atoms with Crippen LogP contribution in [0.5, 0.6) is 0 Å². The summed E-state index contributed by atoms with van der Waals surface area (Å²) in [5.74, 6) is -1.58. The minimum absolute atomic E-state index is 0.221. The summed E-state index contributed by atoms with van der Waals surface area (Å²) in [6, 6.07) is 4.69. The largest absolute Gasteiger partial charge is 0.481 e. The van der Waals surface area contributed by atoms with Gasteiger partial charge in [0.15, 0.2) is 5.82 Å². The summed E-state index contributed by atoms with van der Waals surface area (Å²) in [5, 5.41) is 12.0. The first-order chi connectivity index (χ1) is 13.3. The van der Waals surface area contributed by atoms with Crippen molar-refractivity contribution >= 4 is 35.1 Å². The third kappa shape index (κ3) is 4.01. The smallest absolute Gasteiger partial charge is 0.306 e. The van der Waals surface area contributed by atoms with Gasteiger partial charge in [0, 0.05) is 37.7 Å². The van der Waals surface area contributed by atoms with E-state index in [0.29, 0.717) is 37.2 Å². The number of carboxylic acid groups (broad SMARTS) is 1. The number of amides is 2. The molecule has 0 unspecified atom stereocenters. The Balaban J connectivity index is 1.68. The summed E-state index contributed by atoms with van der Waals surface area (Å²) in [6.45, 7) is 2.60. The number of carbonyl (C=O) groups is 3. The van der Waals surface area contributed by atoms with Gasteiger partial charge in [0.2, 0.25) is 0 Å². The molecule has 8 nitrogen and oxygen atoms in total. The lowest BCUT2D eigenvalue weighted by Gasteiger charge is -2.30. The van der Waals surface area contributed by atoms with E-state index in [1.165, 1.54) is 6.07 Å². The number of likely N-dealkylation sites (tertiary alicyclic amines) is 1. The molecular weight excluding hydrogens is 384 g/mol. The van der Waals surface area contributed by atoms with Gasteiger partial charge in [0.1, 0.15) is 0 Å². The van der Waals surface area contributed by atoms with E-state index in [-0.39, 0.29) is 22.7 Å². The zero-order valence-corrected chi connectivity index (χ0v) is 16.4. The number of carbonyl (C=O) groups excluding carboxylic acids is 2. The number of piperidine rings is 1. The van der Waals surface area contributed by atoms with Crippen LogP contribution >= 0.6 is 11.6 Å². The maximum Gasteiger partial charge on any atom is 0.306 e. The standard InChI is InChI=1S/C19H21ClN4O4/c1-11-10-21-16(23(11)2)17(25)22-13-3-4-14(15(20)9-13)18(26)24-7-5-12(6-8-24)19(27)28/h3-4,9-10,12H,5-8H2,1-2H3,(H,22,25)(H,27,28). The van der Waals surface area contributed by atoms with Crippen molar-refractivity contribution < 1.29 is 19.5 Å². The number of anilines is 1. The van der Waals surface area contributed by atoms with Crippen LogP contribution in [0.4, 0.5) is 5.69 Å². The number of halogens is 1. The van der Waals surface area contributed by atoms with Crippen LogP contribution in [0.2, 0.25) is 5.02 Å². The fraction of sp³-hybridized carbons (Fsp3) is 0.368. The van der Waals surface area contributed by atoms with Crippen molar-refractivity contribution in [2.24, 2.45) is 13.0 Å². The molecular formula is C19H21ClN4O4. The van der Waals surface area contributed by atoms with E-state index in [4.69, 9.17) is 16.7 Å². The molecule has 1 fully saturated rings. The minimum Gasteiger partial charge on any atom is -0.481 e. The summed E-state index contributed by atoms with van der Waals surface area (Å²) in [7, 11) is 1.75. The Morgan fingerprint density at radius 3 is 2.46 bits per heavy atom. The van der Waals surface area contributed by atoms with Gasteiger partial charge < -0.3 is 19.9 Å². The van der Waals surface area contributed by atoms with E-state index in [1.54, 1.807) is 34.8 Å². The van der Waals surface area contributed by atoms with Crippen molar-refractivity contribution in [3.8, 4) is 0 Å². The molecule has 1 aliphatic rings. The number of hydrogen-bond donors (Lipinski definition) is 2. The maximum absolute atomic E-state index is 12.7. The summed E-state index contributed by atoms with van der Waals surface area (Å²) in [6.07, 6.45) is 2.46. The Morgan fingerprint density at radius 2 is 1.93 bits per heavy atom. The second-order valence-corrected chi connectivity index (χ2v) is 7.24. The molecule has 1 saturated heterocycles. The minimum atomic E-state index is -0.826. The average molecular weight is 405 g/mol. The van der Waals surface area contributed by atoms with Gasteiger partial charge >= 0.3 is 5.97 Å². The molecule has 2 heterocycles. The van der Waals surface area contributed by atoms with Crippen LogP contribution in [0.25, 0.3) is 0 Å². The molecule has 28 heavy (non-hydrogen) atoms. The molecule has 148 valence electrons. The molecule has 2 aromatic rings. The van der Waals surface area contributed by atoms with Crippen LogP contribution < -0.4 is 5.32 Å². The summed E-state index contributed by atoms with van der Waals surface area (Å²) in [4.78, 5) is 41.8. The topological polar surface area (TPSA) is 105 Å². The Morgan fingerprint density at radius 1 is 1.25 bits per heavy atom. The highest BCUT2D eigenvalue weighted by molar-refractivity contribution is 6.34. The van der Waals surface area contributed by atoms with Crippen molar-refractivity contribution in [3.05, 3.63) is 46.5 Å². The van der Waals surface area contributed by atoms with Crippen LogP contribution in [-0.2, 0) is 11.8 Å². The second kappa shape index (κ2) is 8.02. The van der Waals surface area contributed by atoms with Crippen LogP contribution in [0, 0.1) is 12.8 Å². The van der Waals surface area contributed by atoms with Gasteiger partial charge in [-0.1, -0.05) is 11.6 Å². The molecule has 2 N–H and O–H groups in total.